The zero-order chi connectivity index (χ0) is 23.6. The third-order valence-corrected chi connectivity index (χ3v) is 8.48. The Kier molecular flexibility index (Phi) is 6.87. The smallest absolute Gasteiger partial charge is 0.277 e. The average molecular weight is 487 g/mol. The summed E-state index contributed by atoms with van der Waals surface area (Å²) in [6.45, 7) is 6.90. The number of carbonyl (C=O) groups excluding carboxylic acids is 1. The molecule has 1 atom stereocenters. The van der Waals surface area contributed by atoms with Crippen LogP contribution in [0.15, 0.2) is 57.0 Å². The standard InChI is InChI=1S/C23H26N4O4S2/c1-15-6-7-18(14-16(15)2)22-25-26-23(31-22)32-17(3)21(28)24-19-8-10-20(11-9-19)33(29,30)27-12-4-5-13-27/h6-11,14,17H,4-5,12-13H2,1-3H3,(H,24,28). The van der Waals surface area contributed by atoms with Gasteiger partial charge in [-0.3, -0.25) is 4.79 Å². The Morgan fingerprint density at radius 2 is 1.76 bits per heavy atom. The molecule has 3 aromatic rings. The first-order valence-corrected chi connectivity index (χ1v) is 13.0. The average Bonchev–Trinajstić information content (AvgIpc) is 3.49. The SMILES string of the molecule is Cc1ccc(-c2nnc(SC(C)C(=O)Nc3ccc(S(=O)(=O)N4CCCC4)cc3)o2)cc1C. The number of aryl methyl sites for hydroxylation is 2. The molecule has 1 aliphatic rings. The lowest BCUT2D eigenvalue weighted by Crippen LogP contribution is -2.27. The van der Waals surface area contributed by atoms with E-state index in [1.54, 1.807) is 19.1 Å². The van der Waals surface area contributed by atoms with Gasteiger partial charge in [-0.05, 0) is 81.1 Å². The third-order valence-electron chi connectivity index (χ3n) is 5.63. The van der Waals surface area contributed by atoms with E-state index >= 15 is 0 Å². The lowest BCUT2D eigenvalue weighted by Gasteiger charge is -2.16. The van der Waals surface area contributed by atoms with Gasteiger partial charge in [0.15, 0.2) is 0 Å². The molecule has 1 N–H and O–H groups in total. The molecule has 0 bridgehead atoms. The first-order chi connectivity index (χ1) is 15.7. The maximum atomic E-state index is 12.6. The highest BCUT2D eigenvalue weighted by molar-refractivity contribution is 8.00. The molecule has 1 saturated heterocycles. The number of amides is 1. The molecular weight excluding hydrogens is 460 g/mol. The van der Waals surface area contributed by atoms with Crippen LogP contribution >= 0.6 is 11.8 Å². The van der Waals surface area contributed by atoms with E-state index in [9.17, 15) is 13.2 Å². The Labute approximate surface area is 197 Å². The van der Waals surface area contributed by atoms with Crippen LogP contribution in [-0.4, -0.2) is 47.2 Å². The molecule has 2 aromatic carbocycles. The van der Waals surface area contributed by atoms with E-state index in [2.05, 4.69) is 15.5 Å². The Bertz CT molecular complexity index is 1250. The molecule has 33 heavy (non-hydrogen) atoms. The van der Waals surface area contributed by atoms with Crippen molar-refractivity contribution in [2.45, 2.75) is 49.0 Å². The van der Waals surface area contributed by atoms with Crippen molar-refractivity contribution >= 4 is 33.4 Å². The Morgan fingerprint density at radius 3 is 2.42 bits per heavy atom. The number of anilines is 1. The molecule has 0 saturated carbocycles. The molecule has 1 aromatic heterocycles. The second kappa shape index (κ2) is 9.66. The Hall–Kier alpha value is -2.69. The van der Waals surface area contributed by atoms with Crippen molar-refractivity contribution in [2.24, 2.45) is 0 Å². The number of aromatic nitrogens is 2. The Balaban J connectivity index is 1.37. The van der Waals surface area contributed by atoms with E-state index in [4.69, 9.17) is 4.42 Å². The second-order valence-corrected chi connectivity index (χ2v) is 11.3. The molecule has 10 heteroatoms. The molecule has 1 amide bonds. The summed E-state index contributed by atoms with van der Waals surface area (Å²) in [5.74, 6) is 0.157. The fraction of sp³-hybridized carbons (Fsp3) is 0.348. The second-order valence-electron chi connectivity index (χ2n) is 8.06. The van der Waals surface area contributed by atoms with Crippen LogP contribution < -0.4 is 5.32 Å². The van der Waals surface area contributed by atoms with Gasteiger partial charge in [0.25, 0.3) is 5.22 Å². The highest BCUT2D eigenvalue weighted by atomic mass is 32.2. The number of hydrogen-bond acceptors (Lipinski definition) is 7. The van der Waals surface area contributed by atoms with Gasteiger partial charge in [-0.1, -0.05) is 17.8 Å². The highest BCUT2D eigenvalue weighted by Crippen LogP contribution is 2.28. The lowest BCUT2D eigenvalue weighted by molar-refractivity contribution is -0.115. The van der Waals surface area contributed by atoms with Crippen molar-refractivity contribution in [1.82, 2.24) is 14.5 Å². The summed E-state index contributed by atoms with van der Waals surface area (Å²) in [4.78, 5) is 12.8. The molecule has 1 unspecified atom stereocenters. The topological polar surface area (TPSA) is 105 Å². The van der Waals surface area contributed by atoms with Gasteiger partial charge in [-0.25, -0.2) is 8.42 Å². The molecule has 8 nitrogen and oxygen atoms in total. The van der Waals surface area contributed by atoms with Crippen LogP contribution in [0, 0.1) is 13.8 Å². The van der Waals surface area contributed by atoms with Crippen LogP contribution in [0.4, 0.5) is 5.69 Å². The van der Waals surface area contributed by atoms with Gasteiger partial charge in [0.2, 0.25) is 21.8 Å². The number of thioether (sulfide) groups is 1. The number of rotatable bonds is 7. The summed E-state index contributed by atoms with van der Waals surface area (Å²) in [5.41, 5.74) is 3.67. The number of benzene rings is 2. The number of hydrogen-bond donors (Lipinski definition) is 1. The van der Waals surface area contributed by atoms with Gasteiger partial charge in [0.1, 0.15) is 0 Å². The van der Waals surface area contributed by atoms with E-state index in [-0.39, 0.29) is 10.8 Å². The summed E-state index contributed by atoms with van der Waals surface area (Å²) >= 11 is 1.16. The van der Waals surface area contributed by atoms with Gasteiger partial charge < -0.3 is 9.73 Å². The maximum Gasteiger partial charge on any atom is 0.277 e. The molecule has 2 heterocycles. The van der Waals surface area contributed by atoms with E-state index in [1.807, 2.05) is 32.0 Å². The van der Waals surface area contributed by atoms with Gasteiger partial charge in [0, 0.05) is 24.3 Å². The zero-order valence-electron chi connectivity index (χ0n) is 18.7. The lowest BCUT2D eigenvalue weighted by atomic mass is 10.1. The van der Waals surface area contributed by atoms with Crippen molar-refractivity contribution in [3.63, 3.8) is 0 Å². The van der Waals surface area contributed by atoms with Gasteiger partial charge in [-0.15, -0.1) is 10.2 Å². The molecule has 1 aliphatic heterocycles. The normalized spacial score (nSPS) is 15.5. The van der Waals surface area contributed by atoms with Gasteiger partial charge in [-0.2, -0.15) is 4.31 Å². The van der Waals surface area contributed by atoms with Gasteiger partial charge in [0.05, 0.1) is 10.1 Å². The summed E-state index contributed by atoms with van der Waals surface area (Å²) in [6, 6.07) is 12.2. The van der Waals surface area contributed by atoms with Crippen molar-refractivity contribution in [1.29, 1.82) is 0 Å². The minimum absolute atomic E-state index is 0.231. The molecule has 174 valence electrons. The minimum atomic E-state index is -3.48. The zero-order valence-corrected chi connectivity index (χ0v) is 20.4. The van der Waals surface area contributed by atoms with Crippen LogP contribution in [0.25, 0.3) is 11.5 Å². The molecular formula is C23H26N4O4S2. The molecule has 4 rings (SSSR count). The first kappa shape index (κ1) is 23.5. The molecule has 0 spiro atoms. The number of nitrogens with zero attached hydrogens (tertiary/aromatic N) is 3. The Morgan fingerprint density at radius 1 is 1.06 bits per heavy atom. The van der Waals surface area contributed by atoms with E-state index in [0.29, 0.717) is 29.9 Å². The van der Waals surface area contributed by atoms with Crippen molar-refractivity contribution in [2.75, 3.05) is 18.4 Å². The van der Waals surface area contributed by atoms with E-state index in [1.165, 1.54) is 22.0 Å². The summed E-state index contributed by atoms with van der Waals surface area (Å²) in [5, 5.41) is 10.7. The highest BCUT2D eigenvalue weighted by Gasteiger charge is 2.27. The molecule has 0 radical (unpaired) electrons. The van der Waals surface area contributed by atoms with Crippen LogP contribution in [0.2, 0.25) is 0 Å². The fourth-order valence-corrected chi connectivity index (χ4v) is 5.69. The van der Waals surface area contributed by atoms with E-state index < -0.39 is 15.3 Å². The first-order valence-electron chi connectivity index (χ1n) is 10.7. The predicted molar refractivity (Wildman–Crippen MR) is 128 cm³/mol. The number of carbonyl (C=O) groups is 1. The van der Waals surface area contributed by atoms with Gasteiger partial charge >= 0.3 is 0 Å². The number of sulfonamides is 1. The van der Waals surface area contributed by atoms with Crippen LogP contribution in [0.1, 0.15) is 30.9 Å². The predicted octanol–water partition coefficient (Wildman–Crippen LogP) is 4.26. The van der Waals surface area contributed by atoms with Crippen molar-refractivity contribution < 1.29 is 17.6 Å². The third kappa shape index (κ3) is 5.29. The van der Waals surface area contributed by atoms with Crippen LogP contribution in [0.3, 0.4) is 0 Å². The maximum absolute atomic E-state index is 12.6. The fourth-order valence-electron chi connectivity index (χ4n) is 3.48. The number of nitrogens with one attached hydrogen (secondary N) is 1. The molecule has 1 fully saturated rings. The van der Waals surface area contributed by atoms with E-state index in [0.717, 1.165) is 35.7 Å². The molecule has 0 aliphatic carbocycles. The summed E-state index contributed by atoms with van der Waals surface area (Å²) < 4.78 is 32.5. The van der Waals surface area contributed by atoms with Crippen LogP contribution in [0.5, 0.6) is 0 Å². The van der Waals surface area contributed by atoms with Crippen molar-refractivity contribution in [3.05, 3.63) is 53.6 Å². The van der Waals surface area contributed by atoms with Crippen molar-refractivity contribution in [3.8, 4) is 11.5 Å². The summed E-state index contributed by atoms with van der Waals surface area (Å²) in [6.07, 6.45) is 1.77. The largest absolute Gasteiger partial charge is 0.411 e. The quantitative estimate of drug-likeness (QED) is 0.498. The minimum Gasteiger partial charge on any atom is -0.411 e. The van der Waals surface area contributed by atoms with Crippen LogP contribution in [-0.2, 0) is 14.8 Å². The summed E-state index contributed by atoms with van der Waals surface area (Å²) in [7, 11) is -3.48. The monoisotopic (exact) mass is 486 g/mol.